The number of benzene rings is 2. The van der Waals surface area contributed by atoms with Crippen LogP contribution in [0.5, 0.6) is 0 Å². The molecule has 9 heteroatoms. The van der Waals surface area contributed by atoms with Crippen LogP contribution in [0, 0.1) is 6.92 Å². The van der Waals surface area contributed by atoms with Crippen LogP contribution in [0.1, 0.15) is 29.9 Å². The first-order chi connectivity index (χ1) is 20.0. The highest BCUT2D eigenvalue weighted by atomic mass is 16.2. The summed E-state index contributed by atoms with van der Waals surface area (Å²) in [5.74, 6) is 0.814. The van der Waals surface area contributed by atoms with Gasteiger partial charge in [-0.15, -0.1) is 0 Å². The molecule has 0 unspecified atom stereocenters. The Bertz CT molecular complexity index is 1610. The zero-order valence-corrected chi connectivity index (χ0v) is 23.5. The summed E-state index contributed by atoms with van der Waals surface area (Å²) in [7, 11) is 4.00. The minimum atomic E-state index is -0.249. The number of anilines is 2. The third-order valence-corrected chi connectivity index (χ3v) is 8.03. The van der Waals surface area contributed by atoms with Gasteiger partial charge in [0, 0.05) is 67.5 Å². The molecule has 1 saturated carbocycles. The number of hydrogen-bond donors (Lipinski definition) is 2. The van der Waals surface area contributed by atoms with Crippen LogP contribution in [0.15, 0.2) is 97.6 Å². The number of aromatic nitrogens is 5. The second-order valence-corrected chi connectivity index (χ2v) is 10.6. The maximum absolute atomic E-state index is 13.7. The van der Waals surface area contributed by atoms with Crippen LogP contribution >= 0.6 is 0 Å². The van der Waals surface area contributed by atoms with E-state index in [-0.39, 0.29) is 24.0 Å². The van der Waals surface area contributed by atoms with E-state index < -0.39 is 0 Å². The van der Waals surface area contributed by atoms with Gasteiger partial charge in [0.25, 0.3) is 0 Å². The van der Waals surface area contributed by atoms with Gasteiger partial charge < -0.3 is 10.2 Å². The molecular weight excluding hydrogens is 512 g/mol. The van der Waals surface area contributed by atoms with E-state index >= 15 is 0 Å². The van der Waals surface area contributed by atoms with Crippen molar-refractivity contribution >= 4 is 17.5 Å². The largest absolute Gasteiger partial charge is 0.371 e. The van der Waals surface area contributed by atoms with Crippen molar-refractivity contribution in [3.05, 3.63) is 109 Å². The van der Waals surface area contributed by atoms with Gasteiger partial charge in [0.05, 0.1) is 11.9 Å². The molecule has 2 aromatic carbocycles. The third-order valence-electron chi connectivity index (χ3n) is 8.03. The maximum atomic E-state index is 13.7. The summed E-state index contributed by atoms with van der Waals surface area (Å²) in [5, 5.41) is 15.7. The van der Waals surface area contributed by atoms with Crippen LogP contribution in [0.2, 0.25) is 0 Å². The van der Waals surface area contributed by atoms with Crippen molar-refractivity contribution in [1.82, 2.24) is 29.9 Å². The van der Waals surface area contributed by atoms with E-state index in [2.05, 4.69) is 56.9 Å². The van der Waals surface area contributed by atoms with Crippen LogP contribution in [-0.2, 0) is 7.05 Å². The van der Waals surface area contributed by atoms with E-state index in [4.69, 9.17) is 5.10 Å². The SMILES string of the molecule is Cc1c(-c2cnn(C)c2)nn(-c2ccccc2)c1NC(=O)N[C@@H]1C[C@@H](N(C)c2ccncc2)C[C@H]1c1ccccc1. The minimum absolute atomic E-state index is 0.0436. The number of nitrogens with one attached hydrogen (secondary N) is 2. The molecule has 0 bridgehead atoms. The summed E-state index contributed by atoms with van der Waals surface area (Å²) >= 11 is 0. The Morgan fingerprint density at radius 3 is 2.37 bits per heavy atom. The van der Waals surface area contributed by atoms with Gasteiger partial charge in [0.2, 0.25) is 0 Å². The lowest BCUT2D eigenvalue weighted by molar-refractivity contribution is 0.247. The molecule has 3 heterocycles. The Hall–Kier alpha value is -4.92. The number of rotatable bonds is 7. The summed E-state index contributed by atoms with van der Waals surface area (Å²) in [6.07, 6.45) is 9.10. The predicted octanol–water partition coefficient (Wildman–Crippen LogP) is 5.55. The molecule has 2 N–H and O–H groups in total. The number of aryl methyl sites for hydroxylation is 1. The smallest absolute Gasteiger partial charge is 0.320 e. The molecule has 6 rings (SSSR count). The monoisotopic (exact) mass is 546 g/mol. The van der Waals surface area contributed by atoms with Gasteiger partial charge >= 0.3 is 6.03 Å². The Balaban J connectivity index is 1.28. The first-order valence-corrected chi connectivity index (χ1v) is 13.9. The van der Waals surface area contributed by atoms with Crippen molar-refractivity contribution in [2.24, 2.45) is 7.05 Å². The van der Waals surface area contributed by atoms with Gasteiger partial charge in [-0.3, -0.25) is 15.0 Å². The Kier molecular flexibility index (Phi) is 7.24. The molecule has 0 spiro atoms. The van der Waals surface area contributed by atoms with Crippen LogP contribution in [0.4, 0.5) is 16.3 Å². The molecule has 208 valence electrons. The predicted molar refractivity (Wildman–Crippen MR) is 161 cm³/mol. The van der Waals surface area contributed by atoms with Crippen molar-refractivity contribution in [3.63, 3.8) is 0 Å². The molecule has 0 saturated heterocycles. The van der Waals surface area contributed by atoms with Crippen LogP contribution in [0.3, 0.4) is 0 Å². The lowest BCUT2D eigenvalue weighted by Crippen LogP contribution is -2.40. The molecule has 9 nitrogen and oxygen atoms in total. The lowest BCUT2D eigenvalue weighted by Gasteiger charge is -2.26. The van der Waals surface area contributed by atoms with Gasteiger partial charge in [-0.2, -0.15) is 10.2 Å². The van der Waals surface area contributed by atoms with Gasteiger partial charge in [0.1, 0.15) is 11.5 Å². The van der Waals surface area contributed by atoms with Crippen molar-refractivity contribution in [3.8, 4) is 16.9 Å². The molecule has 5 aromatic rings. The average molecular weight is 547 g/mol. The van der Waals surface area contributed by atoms with Crippen LogP contribution in [-0.4, -0.2) is 49.7 Å². The highest BCUT2D eigenvalue weighted by Crippen LogP contribution is 2.38. The Morgan fingerprint density at radius 2 is 1.68 bits per heavy atom. The normalized spacial score (nSPS) is 18.3. The molecular formula is C32H34N8O. The van der Waals surface area contributed by atoms with Gasteiger partial charge in [-0.1, -0.05) is 48.5 Å². The molecule has 0 radical (unpaired) electrons. The number of carbonyl (C=O) groups is 1. The van der Waals surface area contributed by atoms with Crippen molar-refractivity contribution in [2.75, 3.05) is 17.3 Å². The number of hydrogen-bond acceptors (Lipinski definition) is 5. The molecule has 2 amide bonds. The fourth-order valence-electron chi connectivity index (χ4n) is 5.87. The van der Waals surface area contributed by atoms with E-state index in [9.17, 15) is 4.79 Å². The highest BCUT2D eigenvalue weighted by molar-refractivity contribution is 5.91. The van der Waals surface area contributed by atoms with Crippen molar-refractivity contribution < 1.29 is 4.79 Å². The van der Waals surface area contributed by atoms with E-state index in [1.807, 2.05) is 81.1 Å². The molecule has 1 aliphatic carbocycles. The molecule has 0 aliphatic heterocycles. The Labute approximate surface area is 239 Å². The molecule has 1 aliphatic rings. The number of urea groups is 1. The first-order valence-electron chi connectivity index (χ1n) is 13.9. The van der Waals surface area contributed by atoms with Gasteiger partial charge in [-0.25, -0.2) is 9.48 Å². The van der Waals surface area contributed by atoms with E-state index in [0.717, 1.165) is 41.0 Å². The third kappa shape index (κ3) is 5.43. The quantitative estimate of drug-likeness (QED) is 0.279. The van der Waals surface area contributed by atoms with Crippen molar-refractivity contribution in [1.29, 1.82) is 0 Å². The molecule has 41 heavy (non-hydrogen) atoms. The average Bonchev–Trinajstić information content (AvgIpc) is 3.71. The fourth-order valence-corrected chi connectivity index (χ4v) is 5.87. The topological polar surface area (TPSA) is 92.9 Å². The second-order valence-electron chi connectivity index (χ2n) is 10.6. The van der Waals surface area contributed by atoms with Gasteiger partial charge in [-0.05, 0) is 49.6 Å². The summed E-state index contributed by atoms with van der Waals surface area (Å²) in [5.41, 5.74) is 5.76. The van der Waals surface area contributed by atoms with Crippen molar-refractivity contribution in [2.45, 2.75) is 37.8 Å². The highest BCUT2D eigenvalue weighted by Gasteiger charge is 2.38. The number of para-hydroxylation sites is 1. The zero-order chi connectivity index (χ0) is 28.3. The summed E-state index contributed by atoms with van der Waals surface area (Å²) in [4.78, 5) is 20.1. The fraction of sp³-hybridized carbons (Fsp3) is 0.250. The zero-order valence-electron chi connectivity index (χ0n) is 23.5. The molecule has 1 fully saturated rings. The summed E-state index contributed by atoms with van der Waals surface area (Å²) in [6.45, 7) is 1.98. The van der Waals surface area contributed by atoms with Gasteiger partial charge in [0.15, 0.2) is 0 Å². The van der Waals surface area contributed by atoms with E-state index in [1.54, 1.807) is 15.6 Å². The minimum Gasteiger partial charge on any atom is -0.371 e. The number of amides is 2. The van der Waals surface area contributed by atoms with E-state index in [1.165, 1.54) is 5.56 Å². The van der Waals surface area contributed by atoms with E-state index in [0.29, 0.717) is 5.82 Å². The Morgan fingerprint density at radius 1 is 0.976 bits per heavy atom. The van der Waals surface area contributed by atoms with Crippen LogP contribution < -0.4 is 15.5 Å². The number of nitrogens with zero attached hydrogens (tertiary/aromatic N) is 6. The number of carbonyl (C=O) groups excluding carboxylic acids is 1. The lowest BCUT2D eigenvalue weighted by atomic mass is 9.94. The number of pyridine rings is 1. The first kappa shape index (κ1) is 26.3. The second kappa shape index (κ2) is 11.3. The summed E-state index contributed by atoms with van der Waals surface area (Å²) in [6, 6.07) is 24.3. The summed E-state index contributed by atoms with van der Waals surface area (Å²) < 4.78 is 3.54. The van der Waals surface area contributed by atoms with Crippen LogP contribution in [0.25, 0.3) is 16.9 Å². The molecule has 3 aromatic heterocycles. The molecule has 3 atom stereocenters. The standard InChI is InChI=1S/C32H34N8O/c1-22-30(24-20-34-38(2)21-24)37-40(26-12-8-5-9-13-26)31(22)36-32(41)35-29-19-27(39(3)25-14-16-33-17-15-25)18-28(29)23-10-6-4-7-11-23/h4-17,20-21,27-29H,18-19H2,1-3H3,(H2,35,36,41)/t27-,28-,29+/m0/s1. The maximum Gasteiger partial charge on any atom is 0.320 e.